The fourth-order valence-electron chi connectivity index (χ4n) is 2.79. The number of ether oxygens (including phenoxy) is 2. The molecule has 1 aromatic heterocycles. The van der Waals surface area contributed by atoms with E-state index in [-0.39, 0.29) is 21.7 Å². The van der Waals surface area contributed by atoms with Gasteiger partial charge in [0.25, 0.3) is 5.56 Å². The molecule has 0 radical (unpaired) electrons. The smallest absolute Gasteiger partial charge is 0.273 e. The van der Waals surface area contributed by atoms with Gasteiger partial charge in [-0.25, -0.2) is 0 Å². The van der Waals surface area contributed by atoms with Crippen LogP contribution in [0.1, 0.15) is 5.56 Å². The molecule has 2 aromatic carbocycles. The maximum absolute atomic E-state index is 13.3. The molecule has 0 aliphatic heterocycles. The van der Waals surface area contributed by atoms with Crippen LogP contribution in [0.4, 0.5) is 0 Å². The molecule has 3 rings (SSSR count). The lowest BCUT2D eigenvalue weighted by Gasteiger charge is -2.08. The van der Waals surface area contributed by atoms with E-state index in [2.05, 4.69) is 15.9 Å². The highest BCUT2D eigenvalue weighted by atomic mass is 79.9. The minimum absolute atomic E-state index is 0.0578. The van der Waals surface area contributed by atoms with Crippen molar-refractivity contribution in [3.8, 4) is 35.1 Å². The Balaban J connectivity index is 2.42. The fraction of sp³-hybridized carbons (Fsp3) is 0.0952. The number of para-hydroxylation sites is 2. The predicted octanol–water partition coefficient (Wildman–Crippen LogP) is 2.41. The maximum Gasteiger partial charge on any atom is 0.273 e. The van der Waals surface area contributed by atoms with Gasteiger partial charge in [0.15, 0.2) is 17.1 Å². The zero-order chi connectivity index (χ0) is 21.8. The molecule has 0 aliphatic carbocycles. The summed E-state index contributed by atoms with van der Waals surface area (Å²) in [6.07, 6.45) is 1.60. The highest BCUT2D eigenvalue weighted by molar-refractivity contribution is 9.10. The van der Waals surface area contributed by atoms with Gasteiger partial charge in [-0.1, -0.05) is 12.1 Å². The molecule has 30 heavy (non-hydrogen) atoms. The van der Waals surface area contributed by atoms with E-state index < -0.39 is 5.56 Å². The van der Waals surface area contributed by atoms with Crippen molar-refractivity contribution in [3.63, 3.8) is 0 Å². The topological polar surface area (TPSA) is 108 Å². The molecule has 1 N–H and O–H groups in total. The number of aromatic nitrogens is 1. The Bertz CT molecular complexity index is 1380. The fourth-order valence-corrected chi connectivity index (χ4v) is 4.30. The standard InChI is InChI=1S/C21H14BrN3O4S/c1-28-16-6-4-3-5-15(16)25-20(27)18(30-21(25)13(10-23)11-24)9-12-7-14(22)19(26)17(8-12)29-2/h3-9,26H,1-2H3/b18-9+. The minimum atomic E-state index is -0.411. The van der Waals surface area contributed by atoms with E-state index in [1.807, 2.05) is 12.1 Å². The molecule has 0 unspecified atom stereocenters. The summed E-state index contributed by atoms with van der Waals surface area (Å²) in [4.78, 5) is 13.3. The number of phenolic OH excluding ortho intramolecular Hbond substituents is 1. The molecule has 0 aliphatic rings. The zero-order valence-electron chi connectivity index (χ0n) is 15.8. The van der Waals surface area contributed by atoms with Gasteiger partial charge in [0.05, 0.1) is 28.9 Å². The number of halogens is 1. The van der Waals surface area contributed by atoms with E-state index in [0.717, 1.165) is 11.3 Å². The first-order valence-electron chi connectivity index (χ1n) is 8.43. The van der Waals surface area contributed by atoms with Crippen molar-refractivity contribution in [1.29, 1.82) is 10.5 Å². The van der Waals surface area contributed by atoms with Crippen LogP contribution in [-0.2, 0) is 0 Å². The number of phenols is 1. The van der Waals surface area contributed by atoms with Gasteiger partial charge in [0, 0.05) is 0 Å². The summed E-state index contributed by atoms with van der Waals surface area (Å²) in [7, 11) is 2.90. The summed E-state index contributed by atoms with van der Waals surface area (Å²) in [5.74, 6) is 0.603. The van der Waals surface area contributed by atoms with Crippen LogP contribution < -0.4 is 24.2 Å². The van der Waals surface area contributed by atoms with Crippen LogP contribution in [0.5, 0.6) is 17.2 Å². The molecule has 0 bridgehead atoms. The Kier molecular flexibility index (Phi) is 6.26. The Labute approximate surface area is 183 Å². The highest BCUT2D eigenvalue weighted by Gasteiger charge is 2.15. The molecule has 9 heteroatoms. The Morgan fingerprint density at radius 3 is 2.47 bits per heavy atom. The van der Waals surface area contributed by atoms with Gasteiger partial charge in [-0.05, 0) is 51.8 Å². The maximum atomic E-state index is 13.3. The van der Waals surface area contributed by atoms with Crippen LogP contribution in [-0.4, -0.2) is 23.9 Å². The lowest BCUT2D eigenvalue weighted by Crippen LogP contribution is -2.31. The van der Waals surface area contributed by atoms with E-state index in [4.69, 9.17) is 9.47 Å². The van der Waals surface area contributed by atoms with E-state index in [1.54, 1.807) is 42.5 Å². The first kappa shape index (κ1) is 21.2. The lowest BCUT2D eigenvalue weighted by atomic mass is 10.2. The summed E-state index contributed by atoms with van der Waals surface area (Å²) in [6.45, 7) is 0. The van der Waals surface area contributed by atoms with Gasteiger partial charge < -0.3 is 14.6 Å². The summed E-state index contributed by atoms with van der Waals surface area (Å²) >= 11 is 4.27. The van der Waals surface area contributed by atoms with Crippen molar-refractivity contribution < 1.29 is 14.6 Å². The molecular weight excluding hydrogens is 470 g/mol. The summed E-state index contributed by atoms with van der Waals surface area (Å²) in [6, 6.07) is 13.7. The second-order valence-electron chi connectivity index (χ2n) is 5.88. The van der Waals surface area contributed by atoms with Gasteiger partial charge >= 0.3 is 0 Å². The third-order valence-electron chi connectivity index (χ3n) is 4.16. The molecule has 1 heterocycles. The SMILES string of the molecule is COc1ccccc1-n1c(=C(C#N)C#N)s/c(=C/c2cc(Br)c(O)c(OC)c2)c1=O. The molecule has 3 aromatic rings. The van der Waals surface area contributed by atoms with Crippen molar-refractivity contribution in [1.82, 2.24) is 4.57 Å². The van der Waals surface area contributed by atoms with E-state index in [0.29, 0.717) is 26.0 Å². The number of benzene rings is 2. The van der Waals surface area contributed by atoms with E-state index in [9.17, 15) is 20.4 Å². The molecular formula is C21H14BrN3O4S. The van der Waals surface area contributed by atoms with Gasteiger partial charge in [-0.3, -0.25) is 9.36 Å². The third kappa shape index (κ3) is 3.81. The van der Waals surface area contributed by atoms with Crippen LogP contribution in [0, 0.1) is 22.7 Å². The lowest BCUT2D eigenvalue weighted by molar-refractivity contribution is 0.372. The molecule has 0 saturated heterocycles. The summed E-state index contributed by atoms with van der Waals surface area (Å²) in [5.41, 5.74) is 0.408. The number of rotatable bonds is 4. The summed E-state index contributed by atoms with van der Waals surface area (Å²) in [5, 5.41) is 28.8. The van der Waals surface area contributed by atoms with Gasteiger partial charge in [-0.15, -0.1) is 11.3 Å². The second-order valence-corrected chi connectivity index (χ2v) is 7.77. The van der Waals surface area contributed by atoms with Gasteiger partial charge in [-0.2, -0.15) is 10.5 Å². The number of hydrogen-bond donors (Lipinski definition) is 1. The minimum Gasteiger partial charge on any atom is -0.503 e. The summed E-state index contributed by atoms with van der Waals surface area (Å²) < 4.78 is 12.7. The van der Waals surface area contributed by atoms with Crippen molar-refractivity contribution in [3.05, 3.63) is 66.0 Å². The second kappa shape index (κ2) is 8.87. The average Bonchev–Trinajstić information content (AvgIpc) is 3.07. The van der Waals surface area contributed by atoms with Crippen LogP contribution in [0.2, 0.25) is 0 Å². The Hall–Kier alpha value is -3.53. The molecule has 150 valence electrons. The number of nitriles is 2. The Morgan fingerprint density at radius 2 is 1.83 bits per heavy atom. The molecule has 0 fully saturated rings. The molecule has 0 saturated carbocycles. The first-order valence-corrected chi connectivity index (χ1v) is 10.0. The number of aromatic hydroxyl groups is 1. The largest absolute Gasteiger partial charge is 0.503 e. The quantitative estimate of drug-likeness (QED) is 0.610. The number of methoxy groups -OCH3 is 2. The number of thiazole rings is 1. The van der Waals surface area contributed by atoms with Crippen LogP contribution >= 0.6 is 27.3 Å². The van der Waals surface area contributed by atoms with Crippen LogP contribution in [0.25, 0.3) is 17.3 Å². The molecule has 0 amide bonds. The predicted molar refractivity (Wildman–Crippen MR) is 116 cm³/mol. The number of nitrogens with zero attached hydrogens (tertiary/aromatic N) is 3. The molecule has 0 spiro atoms. The normalized spacial score (nSPS) is 10.9. The highest BCUT2D eigenvalue weighted by Crippen LogP contribution is 2.35. The Morgan fingerprint density at radius 1 is 1.17 bits per heavy atom. The monoisotopic (exact) mass is 483 g/mol. The van der Waals surface area contributed by atoms with E-state index in [1.165, 1.54) is 18.8 Å². The van der Waals surface area contributed by atoms with Crippen molar-refractivity contribution >= 4 is 38.9 Å². The van der Waals surface area contributed by atoms with Crippen molar-refractivity contribution in [2.75, 3.05) is 14.2 Å². The third-order valence-corrected chi connectivity index (χ3v) is 5.85. The molecule has 0 atom stereocenters. The molecule has 7 nitrogen and oxygen atoms in total. The van der Waals surface area contributed by atoms with Crippen LogP contribution in [0.3, 0.4) is 0 Å². The van der Waals surface area contributed by atoms with Crippen molar-refractivity contribution in [2.24, 2.45) is 0 Å². The van der Waals surface area contributed by atoms with Gasteiger partial charge in [0.2, 0.25) is 0 Å². The van der Waals surface area contributed by atoms with Gasteiger partial charge in [0.1, 0.15) is 22.6 Å². The first-order chi connectivity index (χ1) is 14.4. The van der Waals surface area contributed by atoms with Crippen LogP contribution in [0.15, 0.2) is 45.7 Å². The van der Waals surface area contributed by atoms with Crippen molar-refractivity contribution in [2.45, 2.75) is 0 Å². The number of hydrogen-bond acceptors (Lipinski definition) is 7. The zero-order valence-corrected chi connectivity index (χ0v) is 18.2. The average molecular weight is 484 g/mol. The van der Waals surface area contributed by atoms with E-state index >= 15 is 0 Å².